The molecule has 0 aliphatic heterocycles. The lowest BCUT2D eigenvalue weighted by molar-refractivity contribution is 0.0995. The van der Waals surface area contributed by atoms with E-state index in [4.69, 9.17) is 4.74 Å². The van der Waals surface area contributed by atoms with Crippen molar-refractivity contribution in [1.82, 2.24) is 0 Å². The number of hydrogen-bond donors (Lipinski definition) is 0. The van der Waals surface area contributed by atoms with Crippen LogP contribution in [0.1, 0.15) is 29.3 Å². The molecule has 0 N–H and O–H groups in total. The smallest absolute Gasteiger partial charge is 0.164 e. The average molecular weight is 270 g/mol. The standard InChI is InChI=1S/C17H15FO2/c1-2-20-12-7-8-13(15(18)10-12)14-5-3-4-11-6-9-16(19)17(11)14/h3-5,7-8,10H,2,6,9H2,1H3. The molecule has 0 saturated carbocycles. The molecule has 3 heteroatoms. The number of ketones is 1. The molecule has 1 aliphatic rings. The van der Waals surface area contributed by atoms with Crippen molar-refractivity contribution in [3.63, 3.8) is 0 Å². The molecule has 2 aromatic rings. The van der Waals surface area contributed by atoms with Crippen LogP contribution in [0.3, 0.4) is 0 Å². The minimum Gasteiger partial charge on any atom is -0.494 e. The number of benzene rings is 2. The number of aryl methyl sites for hydroxylation is 1. The van der Waals surface area contributed by atoms with E-state index in [9.17, 15) is 9.18 Å². The molecule has 0 saturated heterocycles. The number of hydrogen-bond acceptors (Lipinski definition) is 2. The fourth-order valence-electron chi connectivity index (χ4n) is 2.71. The van der Waals surface area contributed by atoms with Crippen molar-refractivity contribution in [2.75, 3.05) is 6.61 Å². The van der Waals surface area contributed by atoms with Gasteiger partial charge in [0.2, 0.25) is 0 Å². The Labute approximate surface area is 117 Å². The van der Waals surface area contributed by atoms with Crippen LogP contribution >= 0.6 is 0 Å². The topological polar surface area (TPSA) is 26.3 Å². The van der Waals surface area contributed by atoms with Crippen LogP contribution < -0.4 is 4.74 Å². The third-order valence-electron chi connectivity index (χ3n) is 3.59. The molecule has 0 aromatic heterocycles. The van der Waals surface area contributed by atoms with Gasteiger partial charge in [0.05, 0.1) is 6.61 Å². The van der Waals surface area contributed by atoms with Gasteiger partial charge in [0.25, 0.3) is 0 Å². The minimum atomic E-state index is -0.357. The molecule has 0 radical (unpaired) electrons. The minimum absolute atomic E-state index is 0.101. The van der Waals surface area contributed by atoms with Crippen molar-refractivity contribution in [1.29, 1.82) is 0 Å². The van der Waals surface area contributed by atoms with Crippen molar-refractivity contribution in [2.45, 2.75) is 19.8 Å². The number of carbonyl (C=O) groups is 1. The lowest BCUT2D eigenvalue weighted by Crippen LogP contribution is -1.98. The van der Waals surface area contributed by atoms with Crippen LogP contribution in [-0.4, -0.2) is 12.4 Å². The van der Waals surface area contributed by atoms with E-state index in [1.165, 1.54) is 6.07 Å². The van der Waals surface area contributed by atoms with E-state index in [1.807, 2.05) is 19.1 Å². The summed E-state index contributed by atoms with van der Waals surface area (Å²) in [7, 11) is 0. The van der Waals surface area contributed by atoms with Gasteiger partial charge in [-0.25, -0.2) is 4.39 Å². The van der Waals surface area contributed by atoms with Crippen LogP contribution in [0.5, 0.6) is 5.75 Å². The van der Waals surface area contributed by atoms with E-state index >= 15 is 0 Å². The summed E-state index contributed by atoms with van der Waals surface area (Å²) in [6.07, 6.45) is 1.27. The molecule has 1 aliphatic carbocycles. The molecule has 0 bridgehead atoms. The van der Waals surface area contributed by atoms with Crippen molar-refractivity contribution in [2.24, 2.45) is 0 Å². The van der Waals surface area contributed by atoms with Crippen LogP contribution in [-0.2, 0) is 6.42 Å². The average Bonchev–Trinajstić information content (AvgIpc) is 2.82. The van der Waals surface area contributed by atoms with Crippen molar-refractivity contribution >= 4 is 5.78 Å². The Balaban J connectivity index is 2.11. The van der Waals surface area contributed by atoms with Gasteiger partial charge in [0.15, 0.2) is 5.78 Å². The normalized spacial score (nSPS) is 13.4. The van der Waals surface area contributed by atoms with Crippen molar-refractivity contribution in [3.05, 3.63) is 53.3 Å². The highest BCUT2D eigenvalue weighted by Crippen LogP contribution is 2.34. The van der Waals surface area contributed by atoms with Crippen LogP contribution in [0, 0.1) is 5.82 Å². The van der Waals surface area contributed by atoms with Crippen LogP contribution in [0.25, 0.3) is 11.1 Å². The maximum absolute atomic E-state index is 14.3. The lowest BCUT2D eigenvalue weighted by Gasteiger charge is -2.10. The van der Waals surface area contributed by atoms with E-state index in [-0.39, 0.29) is 11.6 Å². The van der Waals surface area contributed by atoms with Crippen molar-refractivity contribution in [3.8, 4) is 16.9 Å². The predicted octanol–water partition coefficient (Wildman–Crippen LogP) is 4.02. The van der Waals surface area contributed by atoms with Gasteiger partial charge in [-0.1, -0.05) is 18.2 Å². The van der Waals surface area contributed by atoms with Gasteiger partial charge in [0, 0.05) is 23.6 Å². The van der Waals surface area contributed by atoms with Gasteiger partial charge in [0.1, 0.15) is 11.6 Å². The highest BCUT2D eigenvalue weighted by Gasteiger charge is 2.24. The molecular formula is C17H15FO2. The molecule has 0 amide bonds. The zero-order valence-electron chi connectivity index (χ0n) is 11.3. The van der Waals surface area contributed by atoms with E-state index in [0.717, 1.165) is 12.0 Å². The third kappa shape index (κ3) is 2.09. The Kier molecular flexibility index (Phi) is 3.26. The maximum Gasteiger partial charge on any atom is 0.164 e. The number of Topliss-reactive ketones (excluding diaryl/α,β-unsaturated/α-hetero) is 1. The number of carbonyl (C=O) groups excluding carboxylic acids is 1. The Morgan fingerprint density at radius 1 is 1.15 bits per heavy atom. The summed E-state index contributed by atoms with van der Waals surface area (Å²) in [5.41, 5.74) is 2.84. The number of ether oxygens (including phenoxy) is 1. The lowest BCUT2D eigenvalue weighted by atomic mass is 9.96. The summed E-state index contributed by atoms with van der Waals surface area (Å²) in [4.78, 5) is 12.0. The summed E-state index contributed by atoms with van der Waals surface area (Å²) < 4.78 is 19.5. The van der Waals surface area contributed by atoms with Crippen molar-refractivity contribution < 1.29 is 13.9 Å². The molecule has 2 nitrogen and oxygen atoms in total. The predicted molar refractivity (Wildman–Crippen MR) is 75.7 cm³/mol. The molecule has 0 atom stereocenters. The molecule has 20 heavy (non-hydrogen) atoms. The second-order valence-corrected chi connectivity index (χ2v) is 4.84. The van der Waals surface area contributed by atoms with Gasteiger partial charge in [-0.3, -0.25) is 4.79 Å². The Morgan fingerprint density at radius 2 is 2.00 bits per heavy atom. The first-order valence-electron chi connectivity index (χ1n) is 6.78. The third-order valence-corrected chi connectivity index (χ3v) is 3.59. The van der Waals surface area contributed by atoms with Crippen LogP contribution in [0.2, 0.25) is 0 Å². The SMILES string of the molecule is CCOc1ccc(-c2cccc3c2C(=O)CC3)c(F)c1. The molecule has 0 heterocycles. The Hall–Kier alpha value is -2.16. The molecule has 3 rings (SSSR count). The summed E-state index contributed by atoms with van der Waals surface area (Å²) >= 11 is 0. The van der Waals surface area contributed by atoms with Gasteiger partial charge in [-0.05, 0) is 36.6 Å². The molecule has 2 aromatic carbocycles. The molecular weight excluding hydrogens is 255 g/mol. The van der Waals surface area contributed by atoms with E-state index in [2.05, 4.69) is 0 Å². The molecule has 0 fully saturated rings. The quantitative estimate of drug-likeness (QED) is 0.842. The fraction of sp³-hybridized carbons (Fsp3) is 0.235. The largest absolute Gasteiger partial charge is 0.494 e. The highest BCUT2D eigenvalue weighted by atomic mass is 19.1. The van der Waals surface area contributed by atoms with Crippen LogP contribution in [0.15, 0.2) is 36.4 Å². The van der Waals surface area contributed by atoms with E-state index < -0.39 is 0 Å². The van der Waals surface area contributed by atoms with E-state index in [1.54, 1.807) is 18.2 Å². The van der Waals surface area contributed by atoms with E-state index in [0.29, 0.717) is 35.5 Å². The summed E-state index contributed by atoms with van der Waals surface area (Å²) in [5.74, 6) is 0.251. The zero-order chi connectivity index (χ0) is 14.1. The Morgan fingerprint density at radius 3 is 2.75 bits per heavy atom. The second-order valence-electron chi connectivity index (χ2n) is 4.84. The number of rotatable bonds is 3. The van der Waals surface area contributed by atoms with Gasteiger partial charge in [-0.15, -0.1) is 0 Å². The summed E-state index contributed by atoms with van der Waals surface area (Å²) in [6.45, 7) is 2.35. The number of halogens is 1. The first kappa shape index (κ1) is 12.9. The van der Waals surface area contributed by atoms with Gasteiger partial charge in [-0.2, -0.15) is 0 Å². The Bertz CT molecular complexity index is 677. The number of fused-ring (bicyclic) bond motifs is 1. The summed E-state index contributed by atoms with van der Waals surface area (Å²) in [5, 5.41) is 0. The zero-order valence-corrected chi connectivity index (χ0v) is 11.3. The first-order valence-corrected chi connectivity index (χ1v) is 6.78. The molecule has 0 unspecified atom stereocenters. The highest BCUT2D eigenvalue weighted by molar-refractivity contribution is 6.06. The first-order chi connectivity index (χ1) is 9.70. The second kappa shape index (κ2) is 5.08. The monoisotopic (exact) mass is 270 g/mol. The van der Waals surface area contributed by atoms with Crippen LogP contribution in [0.4, 0.5) is 4.39 Å². The molecule has 102 valence electrons. The molecule has 0 spiro atoms. The van der Waals surface area contributed by atoms with Gasteiger partial charge < -0.3 is 4.74 Å². The fourth-order valence-corrected chi connectivity index (χ4v) is 2.71. The maximum atomic E-state index is 14.3. The van der Waals surface area contributed by atoms with Gasteiger partial charge >= 0.3 is 0 Å². The summed E-state index contributed by atoms with van der Waals surface area (Å²) in [6, 6.07) is 10.4.